The predicted octanol–water partition coefficient (Wildman–Crippen LogP) is 1.44. The number of aromatic nitrogens is 1. The van der Waals surface area contributed by atoms with E-state index in [2.05, 4.69) is 10.3 Å². The Morgan fingerprint density at radius 1 is 1.56 bits per heavy atom. The van der Waals surface area contributed by atoms with Gasteiger partial charge in [0.2, 0.25) is 0 Å². The van der Waals surface area contributed by atoms with Crippen LogP contribution in [0, 0.1) is 0 Å². The highest BCUT2D eigenvalue weighted by Crippen LogP contribution is 2.21. The monoisotopic (exact) mass is 240 g/mol. The van der Waals surface area contributed by atoms with E-state index >= 15 is 0 Å². The van der Waals surface area contributed by atoms with E-state index < -0.39 is 0 Å². The largest absolute Gasteiger partial charge is 0.362 e. The number of urea groups is 1. The van der Waals surface area contributed by atoms with E-state index in [0.717, 1.165) is 29.6 Å². The van der Waals surface area contributed by atoms with E-state index in [0.29, 0.717) is 6.54 Å². The van der Waals surface area contributed by atoms with Crippen molar-refractivity contribution in [2.24, 2.45) is 0 Å². The van der Waals surface area contributed by atoms with Crippen molar-refractivity contribution in [1.29, 1.82) is 0 Å². The molecule has 1 aliphatic rings. The molecule has 0 aromatic carbocycles. The maximum Gasteiger partial charge on any atom is 0.320 e. The highest BCUT2D eigenvalue weighted by atomic mass is 32.1. The molecule has 0 unspecified atom stereocenters. The summed E-state index contributed by atoms with van der Waals surface area (Å²) in [6, 6.07) is 0.110. The van der Waals surface area contributed by atoms with E-state index in [9.17, 15) is 4.79 Å². The molecule has 1 fully saturated rings. The zero-order valence-electron chi connectivity index (χ0n) is 9.56. The van der Waals surface area contributed by atoms with Crippen LogP contribution in [0.25, 0.3) is 0 Å². The minimum Gasteiger partial charge on any atom is -0.362 e. The quantitative estimate of drug-likeness (QED) is 0.866. The van der Waals surface area contributed by atoms with Crippen LogP contribution in [-0.2, 0) is 6.54 Å². The second-order valence-electron chi connectivity index (χ2n) is 3.79. The number of amides is 2. The second kappa shape index (κ2) is 4.69. The highest BCUT2D eigenvalue weighted by molar-refractivity contribution is 7.15. The van der Waals surface area contributed by atoms with Crippen LogP contribution in [-0.4, -0.2) is 47.5 Å². The molecule has 1 saturated heterocycles. The second-order valence-corrected chi connectivity index (χ2v) is 4.90. The summed E-state index contributed by atoms with van der Waals surface area (Å²) < 4.78 is 0. The zero-order chi connectivity index (χ0) is 11.5. The smallest absolute Gasteiger partial charge is 0.320 e. The normalized spacial score (nSPS) is 16.0. The number of carbonyl (C=O) groups is 1. The molecule has 1 aromatic rings. The lowest BCUT2D eigenvalue weighted by Crippen LogP contribution is -2.28. The summed E-state index contributed by atoms with van der Waals surface area (Å²) in [4.78, 5) is 20.6. The first kappa shape index (κ1) is 11.2. The van der Waals surface area contributed by atoms with Crippen molar-refractivity contribution in [3.8, 4) is 0 Å². The fraction of sp³-hybridized carbons (Fsp3) is 0.600. The van der Waals surface area contributed by atoms with Gasteiger partial charge < -0.3 is 15.1 Å². The van der Waals surface area contributed by atoms with E-state index in [1.807, 2.05) is 25.1 Å². The number of anilines is 1. The molecule has 2 heterocycles. The maximum absolute atomic E-state index is 11.7. The highest BCUT2D eigenvalue weighted by Gasteiger charge is 2.25. The van der Waals surface area contributed by atoms with Gasteiger partial charge in [0.05, 0.1) is 6.54 Å². The lowest BCUT2D eigenvalue weighted by molar-refractivity contribution is 0.197. The topological polar surface area (TPSA) is 48.5 Å². The molecule has 1 aliphatic heterocycles. The van der Waals surface area contributed by atoms with E-state index in [1.54, 1.807) is 16.2 Å². The Labute approximate surface area is 99.1 Å². The standard InChI is InChI=1S/C10H16N4OS/c1-3-11-9-12-6-8(16-9)7-14-5-4-13(2)10(14)15/h6H,3-5,7H2,1-2H3,(H,11,12). The Bertz CT molecular complexity index is 379. The predicted molar refractivity (Wildman–Crippen MR) is 64.7 cm³/mol. The van der Waals surface area contributed by atoms with Gasteiger partial charge in [-0.1, -0.05) is 0 Å². The summed E-state index contributed by atoms with van der Waals surface area (Å²) >= 11 is 1.61. The zero-order valence-corrected chi connectivity index (χ0v) is 10.4. The molecule has 0 saturated carbocycles. The first-order valence-corrected chi connectivity index (χ1v) is 6.21. The van der Waals surface area contributed by atoms with Crippen LogP contribution in [0.5, 0.6) is 0 Å². The van der Waals surface area contributed by atoms with Gasteiger partial charge in [-0.2, -0.15) is 0 Å². The molecule has 5 nitrogen and oxygen atoms in total. The minimum atomic E-state index is 0.110. The van der Waals surface area contributed by atoms with Gasteiger partial charge in [0, 0.05) is 37.8 Å². The van der Waals surface area contributed by atoms with Crippen LogP contribution in [0.4, 0.5) is 9.93 Å². The molecular weight excluding hydrogens is 224 g/mol. The molecule has 1 N–H and O–H groups in total. The first-order chi connectivity index (χ1) is 7.70. The van der Waals surface area contributed by atoms with Gasteiger partial charge in [-0.15, -0.1) is 11.3 Å². The van der Waals surface area contributed by atoms with Gasteiger partial charge in [-0.05, 0) is 6.92 Å². The summed E-state index contributed by atoms with van der Waals surface area (Å²) in [7, 11) is 1.83. The third-order valence-corrected chi connectivity index (χ3v) is 3.47. The Morgan fingerprint density at radius 2 is 2.38 bits per heavy atom. The number of likely N-dealkylation sites (N-methyl/N-ethyl adjacent to an activating group) is 1. The number of thiazole rings is 1. The van der Waals surface area contributed by atoms with Crippen molar-refractivity contribution in [2.75, 3.05) is 32.0 Å². The number of carbonyl (C=O) groups excluding carboxylic acids is 1. The maximum atomic E-state index is 11.7. The van der Waals surface area contributed by atoms with Crippen molar-refractivity contribution in [3.63, 3.8) is 0 Å². The Hall–Kier alpha value is -1.30. The van der Waals surface area contributed by atoms with Crippen LogP contribution in [0.2, 0.25) is 0 Å². The molecule has 16 heavy (non-hydrogen) atoms. The molecule has 0 atom stereocenters. The Kier molecular flexibility index (Phi) is 3.28. The molecule has 1 aromatic heterocycles. The third-order valence-electron chi connectivity index (χ3n) is 2.53. The summed E-state index contributed by atoms with van der Waals surface area (Å²) in [5, 5.41) is 4.09. The van der Waals surface area contributed by atoms with E-state index in [1.165, 1.54) is 0 Å². The van der Waals surface area contributed by atoms with Crippen molar-refractivity contribution in [1.82, 2.24) is 14.8 Å². The number of nitrogens with zero attached hydrogens (tertiary/aromatic N) is 3. The van der Waals surface area contributed by atoms with E-state index in [4.69, 9.17) is 0 Å². The molecule has 0 spiro atoms. The van der Waals surface area contributed by atoms with Gasteiger partial charge in [-0.25, -0.2) is 9.78 Å². The first-order valence-electron chi connectivity index (χ1n) is 5.39. The van der Waals surface area contributed by atoms with Crippen LogP contribution in [0.3, 0.4) is 0 Å². The lowest BCUT2D eigenvalue weighted by Gasteiger charge is -2.14. The number of hydrogen-bond acceptors (Lipinski definition) is 4. The number of rotatable bonds is 4. The fourth-order valence-corrected chi connectivity index (χ4v) is 2.55. The fourth-order valence-electron chi connectivity index (χ4n) is 1.65. The molecular formula is C10H16N4OS. The van der Waals surface area contributed by atoms with Crippen molar-refractivity contribution >= 4 is 22.5 Å². The summed E-state index contributed by atoms with van der Waals surface area (Å²) in [6.45, 7) is 5.21. The molecule has 0 bridgehead atoms. The molecule has 6 heteroatoms. The molecule has 0 radical (unpaired) electrons. The van der Waals surface area contributed by atoms with E-state index in [-0.39, 0.29) is 6.03 Å². The van der Waals surface area contributed by atoms with Gasteiger partial charge in [0.25, 0.3) is 0 Å². The average Bonchev–Trinajstić information content (AvgIpc) is 2.82. The molecule has 88 valence electrons. The minimum absolute atomic E-state index is 0.110. The molecule has 0 aliphatic carbocycles. The average molecular weight is 240 g/mol. The summed E-state index contributed by atoms with van der Waals surface area (Å²) in [5.74, 6) is 0. The van der Waals surface area contributed by atoms with Crippen molar-refractivity contribution in [2.45, 2.75) is 13.5 Å². The van der Waals surface area contributed by atoms with Crippen molar-refractivity contribution < 1.29 is 4.79 Å². The molecule has 2 amide bonds. The number of hydrogen-bond donors (Lipinski definition) is 1. The summed E-state index contributed by atoms with van der Waals surface area (Å²) in [5.41, 5.74) is 0. The Balaban J connectivity index is 1.96. The Morgan fingerprint density at radius 3 is 3.00 bits per heavy atom. The van der Waals surface area contributed by atoms with Gasteiger partial charge in [-0.3, -0.25) is 0 Å². The SMILES string of the molecule is CCNc1ncc(CN2CCN(C)C2=O)s1. The van der Waals surface area contributed by atoms with Crippen LogP contribution in [0.1, 0.15) is 11.8 Å². The molecule has 2 rings (SSSR count). The lowest BCUT2D eigenvalue weighted by atomic mass is 10.5. The van der Waals surface area contributed by atoms with Crippen LogP contribution >= 0.6 is 11.3 Å². The van der Waals surface area contributed by atoms with Crippen molar-refractivity contribution in [3.05, 3.63) is 11.1 Å². The van der Waals surface area contributed by atoms with Crippen LogP contribution in [0.15, 0.2) is 6.20 Å². The van der Waals surface area contributed by atoms with Gasteiger partial charge >= 0.3 is 6.03 Å². The summed E-state index contributed by atoms with van der Waals surface area (Å²) in [6.07, 6.45) is 1.84. The van der Waals surface area contributed by atoms with Gasteiger partial charge in [0.1, 0.15) is 0 Å². The third kappa shape index (κ3) is 2.27. The number of nitrogens with one attached hydrogen (secondary N) is 1. The van der Waals surface area contributed by atoms with Crippen LogP contribution < -0.4 is 5.32 Å². The van der Waals surface area contributed by atoms with Gasteiger partial charge in [0.15, 0.2) is 5.13 Å².